The lowest BCUT2D eigenvalue weighted by Gasteiger charge is -2.19. The van der Waals surface area contributed by atoms with Crippen LogP contribution in [0.25, 0.3) is 6.08 Å². The zero-order valence-corrected chi connectivity index (χ0v) is 19.9. The molecule has 35 heavy (non-hydrogen) atoms. The summed E-state index contributed by atoms with van der Waals surface area (Å²) < 4.78 is 13.9. The first-order valence-corrected chi connectivity index (χ1v) is 10.9. The van der Waals surface area contributed by atoms with Gasteiger partial charge in [0.2, 0.25) is 0 Å². The van der Waals surface area contributed by atoms with Gasteiger partial charge in [0.25, 0.3) is 17.5 Å². The molecule has 0 radical (unpaired) electrons. The molecule has 7 nitrogen and oxygen atoms in total. The maximum atomic E-state index is 13.9. The molecule has 0 saturated carbocycles. The van der Waals surface area contributed by atoms with Gasteiger partial charge in [0.05, 0.1) is 4.92 Å². The van der Waals surface area contributed by atoms with Crippen molar-refractivity contribution in [2.45, 2.75) is 33.1 Å². The Morgan fingerprint density at radius 3 is 2.14 bits per heavy atom. The molecule has 0 unspecified atom stereocenters. The van der Waals surface area contributed by atoms with E-state index in [2.05, 4.69) is 31.4 Å². The van der Waals surface area contributed by atoms with Crippen molar-refractivity contribution >= 4 is 29.3 Å². The van der Waals surface area contributed by atoms with Gasteiger partial charge in [0.1, 0.15) is 11.5 Å². The van der Waals surface area contributed by atoms with Gasteiger partial charge < -0.3 is 10.6 Å². The molecule has 0 aliphatic carbocycles. The lowest BCUT2D eigenvalue weighted by molar-refractivity contribution is -0.384. The Kier molecular flexibility index (Phi) is 7.44. The highest BCUT2D eigenvalue weighted by atomic mass is 19.1. The van der Waals surface area contributed by atoms with Crippen LogP contribution in [0.2, 0.25) is 0 Å². The molecule has 180 valence electrons. The van der Waals surface area contributed by atoms with Crippen molar-refractivity contribution in [2.75, 3.05) is 5.32 Å². The Balaban J connectivity index is 1.90. The third-order valence-electron chi connectivity index (χ3n) is 5.35. The summed E-state index contributed by atoms with van der Waals surface area (Å²) in [5.41, 5.74) is 2.21. The van der Waals surface area contributed by atoms with Gasteiger partial charge in [-0.15, -0.1) is 0 Å². The number of carbonyl (C=O) groups excluding carboxylic acids is 2. The van der Waals surface area contributed by atoms with Gasteiger partial charge >= 0.3 is 0 Å². The van der Waals surface area contributed by atoms with Gasteiger partial charge in [-0.05, 0) is 71.5 Å². The summed E-state index contributed by atoms with van der Waals surface area (Å²) in [4.78, 5) is 36.3. The second kappa shape index (κ2) is 10.3. The maximum absolute atomic E-state index is 13.9. The van der Waals surface area contributed by atoms with Gasteiger partial charge in [-0.2, -0.15) is 0 Å². The van der Waals surface area contributed by atoms with Crippen molar-refractivity contribution in [3.63, 3.8) is 0 Å². The molecule has 3 aromatic carbocycles. The highest BCUT2D eigenvalue weighted by Gasteiger charge is 2.18. The smallest absolute Gasteiger partial charge is 0.272 e. The fraction of sp³-hybridized carbons (Fsp3) is 0.185. The molecule has 2 N–H and O–H groups in total. The van der Waals surface area contributed by atoms with E-state index in [9.17, 15) is 24.1 Å². The second-order valence-corrected chi connectivity index (χ2v) is 9.11. The molecule has 0 fully saturated rings. The molecule has 0 aromatic heterocycles. The van der Waals surface area contributed by atoms with E-state index >= 15 is 0 Å². The van der Waals surface area contributed by atoms with Crippen molar-refractivity contribution in [1.82, 2.24) is 5.32 Å². The van der Waals surface area contributed by atoms with E-state index in [1.165, 1.54) is 42.5 Å². The van der Waals surface area contributed by atoms with Crippen LogP contribution in [0, 0.1) is 22.9 Å². The van der Waals surface area contributed by atoms with E-state index in [0.717, 1.165) is 5.56 Å². The van der Waals surface area contributed by atoms with Gasteiger partial charge in [0, 0.05) is 23.4 Å². The minimum atomic E-state index is -0.675. The van der Waals surface area contributed by atoms with Crippen LogP contribution in [0.4, 0.5) is 15.8 Å². The highest BCUT2D eigenvalue weighted by molar-refractivity contribution is 6.10. The van der Waals surface area contributed by atoms with Crippen LogP contribution in [0.15, 0.2) is 72.4 Å². The summed E-state index contributed by atoms with van der Waals surface area (Å²) in [6.45, 7) is 7.79. The Labute approximate surface area is 202 Å². The number of amides is 2. The quantitative estimate of drug-likeness (QED) is 0.269. The number of nitro benzene ring substituents is 1. The molecule has 0 heterocycles. The molecule has 0 saturated heterocycles. The minimum Gasteiger partial charge on any atom is -0.321 e. The number of hydrogen-bond donors (Lipinski definition) is 2. The number of carbonyl (C=O) groups is 2. The predicted octanol–water partition coefficient (Wildman–Crippen LogP) is 5.75. The lowest BCUT2D eigenvalue weighted by atomic mass is 9.87. The monoisotopic (exact) mass is 475 g/mol. The van der Waals surface area contributed by atoms with Gasteiger partial charge in [-0.3, -0.25) is 19.7 Å². The summed E-state index contributed by atoms with van der Waals surface area (Å²) in [5.74, 6) is -1.67. The number of nitrogens with one attached hydrogen (secondary N) is 2. The fourth-order valence-electron chi connectivity index (χ4n) is 3.20. The predicted molar refractivity (Wildman–Crippen MR) is 133 cm³/mol. The molecule has 0 aliphatic rings. The average molecular weight is 476 g/mol. The van der Waals surface area contributed by atoms with Crippen molar-refractivity contribution in [1.29, 1.82) is 0 Å². The number of non-ortho nitro benzene ring substituents is 1. The van der Waals surface area contributed by atoms with Gasteiger partial charge in [-0.1, -0.05) is 39.0 Å². The number of benzene rings is 3. The number of halogens is 1. The molecule has 0 aliphatic heterocycles. The minimum absolute atomic E-state index is 0.0841. The number of rotatable bonds is 6. The normalized spacial score (nSPS) is 11.6. The van der Waals surface area contributed by atoms with E-state index in [1.54, 1.807) is 25.1 Å². The Hall–Kier alpha value is -4.33. The Bertz CT molecular complexity index is 1290. The van der Waals surface area contributed by atoms with E-state index in [1.807, 2.05) is 12.1 Å². The zero-order chi connectivity index (χ0) is 25.8. The van der Waals surface area contributed by atoms with Crippen LogP contribution in [0.5, 0.6) is 0 Å². The summed E-state index contributed by atoms with van der Waals surface area (Å²) >= 11 is 0. The van der Waals surface area contributed by atoms with Crippen LogP contribution >= 0.6 is 0 Å². The maximum Gasteiger partial charge on any atom is 0.272 e. The number of anilines is 1. The Morgan fingerprint density at radius 1 is 0.971 bits per heavy atom. The lowest BCUT2D eigenvalue weighted by Crippen LogP contribution is -2.30. The summed E-state index contributed by atoms with van der Waals surface area (Å²) in [6, 6.07) is 16.8. The number of nitrogens with zero attached hydrogens (tertiary/aromatic N) is 1. The molecular weight excluding hydrogens is 449 g/mol. The molecule has 0 spiro atoms. The first-order chi connectivity index (χ1) is 16.4. The zero-order valence-electron chi connectivity index (χ0n) is 19.9. The summed E-state index contributed by atoms with van der Waals surface area (Å²) in [6.07, 6.45) is 1.39. The molecule has 2 amide bonds. The molecule has 3 aromatic rings. The van der Waals surface area contributed by atoms with Gasteiger partial charge in [-0.25, -0.2) is 4.39 Å². The van der Waals surface area contributed by atoms with Crippen LogP contribution in [0.1, 0.15) is 47.8 Å². The SMILES string of the molecule is Cc1ccc(NC(=O)C(=Cc2ccc([N+](=O)[O-])cc2)NC(=O)c2ccc(C(C)(C)C)cc2)cc1F. The molecular formula is C27H26FN3O4. The standard InChI is InChI=1S/C27H26FN3O4/c1-17-5-12-21(16-23(17)28)29-26(33)24(15-18-6-13-22(14-7-18)31(34)35)30-25(32)19-8-10-20(11-9-19)27(2,3)4/h5-16H,1-4H3,(H,29,33)(H,30,32). The van der Waals surface area contributed by atoms with Gasteiger partial charge in [0.15, 0.2) is 0 Å². The number of hydrogen-bond acceptors (Lipinski definition) is 4. The van der Waals surface area contributed by atoms with Crippen molar-refractivity contribution in [3.05, 3.63) is 111 Å². The fourth-order valence-corrected chi connectivity index (χ4v) is 3.20. The summed E-state index contributed by atoms with van der Waals surface area (Å²) in [5, 5.41) is 16.1. The first kappa shape index (κ1) is 25.3. The van der Waals surface area contributed by atoms with Crippen LogP contribution < -0.4 is 10.6 Å². The molecule has 0 bridgehead atoms. The van der Waals surface area contributed by atoms with E-state index < -0.39 is 22.6 Å². The topological polar surface area (TPSA) is 101 Å². The van der Waals surface area contributed by atoms with E-state index in [4.69, 9.17) is 0 Å². The highest BCUT2D eigenvalue weighted by Crippen LogP contribution is 2.22. The largest absolute Gasteiger partial charge is 0.321 e. The first-order valence-electron chi connectivity index (χ1n) is 10.9. The van der Waals surface area contributed by atoms with Crippen LogP contribution in [-0.2, 0) is 10.2 Å². The second-order valence-electron chi connectivity index (χ2n) is 9.11. The number of aryl methyl sites for hydroxylation is 1. The molecule has 8 heteroatoms. The van der Waals surface area contributed by atoms with Crippen molar-refractivity contribution in [2.24, 2.45) is 0 Å². The third kappa shape index (κ3) is 6.60. The van der Waals surface area contributed by atoms with E-state index in [0.29, 0.717) is 16.7 Å². The summed E-state index contributed by atoms with van der Waals surface area (Å²) in [7, 11) is 0. The molecule has 0 atom stereocenters. The van der Waals surface area contributed by atoms with Crippen molar-refractivity contribution in [3.8, 4) is 0 Å². The van der Waals surface area contributed by atoms with E-state index in [-0.39, 0.29) is 22.5 Å². The van der Waals surface area contributed by atoms with Crippen LogP contribution in [0.3, 0.4) is 0 Å². The van der Waals surface area contributed by atoms with Crippen LogP contribution in [-0.4, -0.2) is 16.7 Å². The number of nitro groups is 1. The Morgan fingerprint density at radius 2 is 1.60 bits per heavy atom. The molecule has 3 rings (SSSR count). The average Bonchev–Trinajstić information content (AvgIpc) is 2.80. The third-order valence-corrected chi connectivity index (χ3v) is 5.35. The van der Waals surface area contributed by atoms with Crippen molar-refractivity contribution < 1.29 is 18.9 Å².